The molecule has 0 aliphatic carbocycles. The largest absolute Gasteiger partial charge is 0.453 e. The third-order valence-electron chi connectivity index (χ3n) is 13.1. The number of unbranched alkanes of at least 4 members (excludes halogenated alkanes) is 1. The normalized spacial score (nSPS) is 35.3. The molecule has 4 N–H and O–H groups in total. The Morgan fingerprint density at radius 2 is 1.85 bits per heavy atom. The number of amides is 1. The number of halogens is 1. The molecule has 3 aliphatic rings. The Hall–Kier alpha value is -4.45. The molecule has 3 aromatic rings. The number of esters is 1. The number of ether oxygens (including phenoxy) is 5. The van der Waals surface area contributed by atoms with E-state index >= 15 is 4.39 Å². The number of nitrogens with zero attached hydrogens (tertiary/aromatic N) is 8. The standard InChI is InChI=1S/C43H65FN10O10S/c1-11-30-43(54-18-14-31(45)48-39(54)58)33(53(40(59)64-43)17-13-12-16-52-23-28(49-50-52)36-46-15-19-65-36)27(5)47-22-24(2)21-41(6,60-10)35(26(4)34(56)42(7,44)38(57)62-30)63-37-32(55)29(51(8)9)20-25(3)61-37/h14-15,18-19,23-27,29-30,32-33,35,37,47,55H,11-13,16-17,20-22H2,1-10H3,(H2,45,48,58)/t24-,25-,26+,27-,29?,30-,32?,33-,35-,37+,41-,42?,43-/m1/s1. The summed E-state index contributed by atoms with van der Waals surface area (Å²) in [5.74, 6) is -4.50. The molecule has 0 spiro atoms. The molecule has 65 heavy (non-hydrogen) atoms. The second kappa shape index (κ2) is 20.2. The third-order valence-corrected chi connectivity index (χ3v) is 13.9. The minimum Gasteiger partial charge on any atom is -0.453 e. The lowest BCUT2D eigenvalue weighted by atomic mass is 9.78. The second-order valence-electron chi connectivity index (χ2n) is 18.3. The number of alkyl halides is 1. The first-order valence-electron chi connectivity index (χ1n) is 22.2. The van der Waals surface area contributed by atoms with Crippen LogP contribution in [0.1, 0.15) is 80.6 Å². The minimum absolute atomic E-state index is 0.105. The van der Waals surface area contributed by atoms with Crippen molar-refractivity contribution >= 4 is 35.0 Å². The SMILES string of the molecule is CC[C@H]1OC(=O)C(C)(F)C(=O)[C@H](C)[C@@H](O[C@@H]2O[C@H](C)CC(N(C)C)C2O)[C@](C)(OC)C[C@@H](C)CN[C@H](C)[C@H]2N(CCCCn3cc(-c4nccs4)nn3)C(=O)O[C@]12n1ccc(N)nc1=O. The van der Waals surface area contributed by atoms with Crippen LogP contribution in [-0.2, 0) is 45.5 Å². The van der Waals surface area contributed by atoms with Gasteiger partial charge in [0.1, 0.15) is 28.7 Å². The van der Waals surface area contributed by atoms with Crippen molar-refractivity contribution in [1.82, 2.24) is 44.6 Å². The van der Waals surface area contributed by atoms with Crippen molar-refractivity contribution in [3.05, 3.63) is 40.5 Å². The van der Waals surface area contributed by atoms with Crippen molar-refractivity contribution in [3.8, 4) is 10.7 Å². The number of cyclic esters (lactones) is 1. The van der Waals surface area contributed by atoms with E-state index in [9.17, 15) is 24.3 Å². The van der Waals surface area contributed by atoms with Gasteiger partial charge in [-0.15, -0.1) is 16.4 Å². The molecule has 1 amide bonds. The zero-order chi connectivity index (χ0) is 47.6. The number of rotatable bonds is 12. The van der Waals surface area contributed by atoms with Crippen LogP contribution in [0, 0.1) is 11.8 Å². The third kappa shape index (κ3) is 10.1. The van der Waals surface area contributed by atoms with Crippen molar-refractivity contribution in [2.24, 2.45) is 11.8 Å². The summed E-state index contributed by atoms with van der Waals surface area (Å²) >= 11 is 1.45. The van der Waals surface area contributed by atoms with Crippen LogP contribution in [0.25, 0.3) is 10.7 Å². The highest BCUT2D eigenvalue weighted by Gasteiger charge is 2.64. The Morgan fingerprint density at radius 1 is 1.12 bits per heavy atom. The van der Waals surface area contributed by atoms with Crippen molar-refractivity contribution in [2.75, 3.05) is 40.0 Å². The fourth-order valence-electron chi connectivity index (χ4n) is 9.69. The molecular weight excluding hydrogens is 868 g/mol. The van der Waals surface area contributed by atoms with Crippen molar-refractivity contribution in [2.45, 2.75) is 153 Å². The fourth-order valence-corrected chi connectivity index (χ4v) is 10.3. The first-order chi connectivity index (χ1) is 30.7. The van der Waals surface area contributed by atoms with Crippen LogP contribution in [-0.4, -0.2) is 157 Å². The lowest BCUT2D eigenvalue weighted by molar-refractivity contribution is -0.295. The summed E-state index contributed by atoms with van der Waals surface area (Å²) in [5.41, 5.74) is -1.11. The lowest BCUT2D eigenvalue weighted by Gasteiger charge is -2.47. The number of carbonyl (C=O) groups is 3. The number of carbonyl (C=O) groups excluding carboxylic acids is 3. The summed E-state index contributed by atoms with van der Waals surface area (Å²) in [5, 5.41) is 26.1. The zero-order valence-electron chi connectivity index (χ0n) is 38.9. The number of aryl methyl sites for hydroxylation is 1. The molecule has 22 heteroatoms. The average Bonchev–Trinajstić information content (AvgIpc) is 4.03. The van der Waals surface area contributed by atoms with E-state index in [0.717, 1.165) is 16.5 Å². The number of aromatic nitrogens is 6. The monoisotopic (exact) mass is 932 g/mol. The molecule has 0 radical (unpaired) electrons. The number of nitrogen functional groups attached to an aromatic ring is 1. The van der Waals surface area contributed by atoms with Gasteiger partial charge in [0.2, 0.25) is 0 Å². The summed E-state index contributed by atoms with van der Waals surface area (Å²) in [6, 6.07) is -0.798. The molecule has 6 heterocycles. The van der Waals surface area contributed by atoms with Gasteiger partial charge in [-0.2, -0.15) is 4.98 Å². The number of aliphatic hydroxyl groups is 1. The summed E-state index contributed by atoms with van der Waals surface area (Å²) in [4.78, 5) is 68.8. The maximum atomic E-state index is 17.4. The number of fused-ring (bicyclic) bond motifs is 1. The maximum Gasteiger partial charge on any atom is 0.412 e. The average molecular weight is 933 g/mol. The van der Waals surface area contributed by atoms with E-state index in [-0.39, 0.29) is 43.3 Å². The van der Waals surface area contributed by atoms with Crippen LogP contribution in [0.15, 0.2) is 34.8 Å². The van der Waals surface area contributed by atoms with E-state index in [1.807, 2.05) is 45.1 Å². The van der Waals surface area contributed by atoms with Gasteiger partial charge in [-0.3, -0.25) is 18.9 Å². The van der Waals surface area contributed by atoms with Gasteiger partial charge in [0.25, 0.3) is 11.4 Å². The number of likely N-dealkylation sites (N-methyl/N-ethyl adjacent to an activating group) is 1. The van der Waals surface area contributed by atoms with Gasteiger partial charge in [-0.05, 0) is 92.4 Å². The molecule has 0 aromatic carbocycles. The summed E-state index contributed by atoms with van der Waals surface area (Å²) in [7, 11) is 5.12. The number of Topliss-reactive ketones (excluding diaryl/α,β-unsaturated/α-hetero) is 1. The molecule has 360 valence electrons. The highest BCUT2D eigenvalue weighted by atomic mass is 32.1. The van der Waals surface area contributed by atoms with Gasteiger partial charge in [0.05, 0.1) is 24.0 Å². The molecule has 6 rings (SSSR count). The number of hydrogen-bond acceptors (Lipinski definition) is 18. The molecule has 3 aromatic heterocycles. The molecule has 13 atom stereocenters. The van der Waals surface area contributed by atoms with Crippen LogP contribution >= 0.6 is 11.3 Å². The molecule has 3 saturated heterocycles. The molecule has 3 fully saturated rings. The molecule has 3 unspecified atom stereocenters. The fraction of sp³-hybridized carbons (Fsp3) is 0.721. The summed E-state index contributed by atoms with van der Waals surface area (Å²) < 4.78 is 51.3. The van der Waals surface area contributed by atoms with E-state index in [1.54, 1.807) is 30.9 Å². The topological polar surface area (TPSA) is 241 Å². The Balaban J connectivity index is 1.38. The predicted molar refractivity (Wildman–Crippen MR) is 236 cm³/mol. The molecule has 0 bridgehead atoms. The van der Waals surface area contributed by atoms with Gasteiger partial charge in [-0.1, -0.05) is 26.0 Å². The van der Waals surface area contributed by atoms with Gasteiger partial charge >= 0.3 is 17.8 Å². The number of hydrogen-bond donors (Lipinski definition) is 3. The first kappa shape index (κ1) is 50.0. The van der Waals surface area contributed by atoms with E-state index in [2.05, 4.69) is 25.6 Å². The zero-order valence-corrected chi connectivity index (χ0v) is 39.7. The van der Waals surface area contributed by atoms with Crippen molar-refractivity contribution < 1.29 is 47.6 Å². The van der Waals surface area contributed by atoms with E-state index < -0.39 is 83.1 Å². The van der Waals surface area contributed by atoms with E-state index in [4.69, 9.17) is 29.4 Å². The number of anilines is 1. The van der Waals surface area contributed by atoms with Gasteiger partial charge in [-0.25, -0.2) is 23.8 Å². The molecular formula is C43H65FN10O10S. The Morgan fingerprint density at radius 3 is 2.49 bits per heavy atom. The smallest absolute Gasteiger partial charge is 0.412 e. The number of thiazole rings is 1. The Bertz CT molecular complexity index is 2180. The highest BCUT2D eigenvalue weighted by Crippen LogP contribution is 2.43. The lowest BCUT2D eigenvalue weighted by Crippen LogP contribution is -2.65. The number of nitrogens with two attached hydrogens (primary N) is 1. The summed E-state index contributed by atoms with van der Waals surface area (Å²) in [6.45, 7) is 12.1. The Labute approximate surface area is 382 Å². The molecule has 3 aliphatic heterocycles. The number of methoxy groups -OCH3 is 1. The van der Waals surface area contributed by atoms with E-state index in [0.29, 0.717) is 38.0 Å². The van der Waals surface area contributed by atoms with Crippen molar-refractivity contribution in [3.63, 3.8) is 0 Å². The Kier molecular flexibility index (Phi) is 15.5. The van der Waals surface area contributed by atoms with Gasteiger partial charge < -0.3 is 44.7 Å². The summed E-state index contributed by atoms with van der Waals surface area (Å²) in [6.07, 6.45) is 0.0793. The second-order valence-corrected chi connectivity index (χ2v) is 19.2. The van der Waals surface area contributed by atoms with Crippen LogP contribution in [0.3, 0.4) is 0 Å². The van der Waals surface area contributed by atoms with Crippen LogP contribution in [0.5, 0.6) is 0 Å². The van der Waals surface area contributed by atoms with Gasteiger partial charge in [0.15, 0.2) is 18.2 Å². The maximum absolute atomic E-state index is 17.4. The number of ketones is 1. The van der Waals surface area contributed by atoms with Crippen LogP contribution in [0.2, 0.25) is 0 Å². The van der Waals surface area contributed by atoms with Crippen molar-refractivity contribution in [1.29, 1.82) is 0 Å². The number of aliphatic hydroxyl groups excluding tert-OH is 1. The van der Waals surface area contributed by atoms with E-state index in [1.165, 1.54) is 42.5 Å². The van der Waals surface area contributed by atoms with Gasteiger partial charge in [0, 0.05) is 56.0 Å². The minimum atomic E-state index is -3.31. The van der Waals surface area contributed by atoms with Crippen LogP contribution in [0.4, 0.5) is 15.0 Å². The van der Waals surface area contributed by atoms with Crippen LogP contribution < -0.4 is 16.7 Å². The molecule has 20 nitrogen and oxygen atoms in total. The quantitative estimate of drug-likeness (QED) is 0.134. The molecule has 0 saturated carbocycles. The number of nitrogens with one attached hydrogen (secondary N) is 1. The highest BCUT2D eigenvalue weighted by molar-refractivity contribution is 7.13. The first-order valence-corrected chi connectivity index (χ1v) is 23.1. The predicted octanol–water partition coefficient (Wildman–Crippen LogP) is 2.98.